The van der Waals surface area contributed by atoms with Crippen LogP contribution in [0.4, 0.5) is 29.4 Å². The molecule has 17 nitrogen and oxygen atoms in total. The Morgan fingerprint density at radius 1 is 0.873 bits per heavy atom. The highest BCUT2D eigenvalue weighted by molar-refractivity contribution is 5.90. The van der Waals surface area contributed by atoms with Gasteiger partial charge >= 0.3 is 30.0 Å². The number of benzene rings is 1. The van der Waals surface area contributed by atoms with Crippen LogP contribution in [0.2, 0.25) is 0 Å². The molecule has 2 heterocycles. The van der Waals surface area contributed by atoms with Crippen molar-refractivity contribution < 1.29 is 42.9 Å². The predicted octanol–water partition coefficient (Wildman–Crippen LogP) is 4.67. The van der Waals surface area contributed by atoms with Crippen molar-refractivity contribution in [1.29, 1.82) is 0 Å². The third kappa shape index (κ3) is 12.0. The number of carbonyl (C=O) groups is 5. The van der Waals surface area contributed by atoms with Gasteiger partial charge in [0.05, 0.1) is 12.2 Å². The maximum Gasteiger partial charge on any atom is 0.408 e. The summed E-state index contributed by atoms with van der Waals surface area (Å²) in [6, 6.07) is 4.32. The van der Waals surface area contributed by atoms with E-state index in [2.05, 4.69) is 20.9 Å². The molecule has 1 aromatic heterocycles. The number of ether oxygens (including phenoxy) is 2. The first-order chi connectivity index (χ1) is 25.5. The molecule has 1 aliphatic heterocycles. The second-order valence-electron chi connectivity index (χ2n) is 16.3. The number of anilines is 1. The van der Waals surface area contributed by atoms with Crippen LogP contribution in [-0.2, 0) is 20.8 Å². The van der Waals surface area contributed by atoms with Gasteiger partial charge in [-0.2, -0.15) is 4.98 Å². The smallest absolute Gasteiger partial charge is 0.408 e. The summed E-state index contributed by atoms with van der Waals surface area (Å²) in [6.07, 6.45) is 0.910. The zero-order valence-corrected chi connectivity index (χ0v) is 32.7. The molecule has 2 aromatic rings. The van der Waals surface area contributed by atoms with Crippen LogP contribution in [0.25, 0.3) is 5.69 Å². The Labute approximate surface area is 319 Å². The highest BCUT2D eigenvalue weighted by Gasteiger charge is 2.37. The van der Waals surface area contributed by atoms with Crippen LogP contribution in [0.5, 0.6) is 0 Å². The van der Waals surface area contributed by atoms with Crippen LogP contribution in [0.15, 0.2) is 35.3 Å². The van der Waals surface area contributed by atoms with E-state index in [9.17, 15) is 33.9 Å². The van der Waals surface area contributed by atoms with Crippen LogP contribution in [0, 0.1) is 5.82 Å². The number of aromatic nitrogens is 2. The summed E-state index contributed by atoms with van der Waals surface area (Å²) in [7, 11) is 0. The standard InChI is InChI=1S/C37H53FN8O9/c1-35(2,3)54-32(50)39-24-10-13-25(14-11-24)46(34(52)53)22-23-9-12-26(21-27(23)38)45-16-15-28(41-31(45)49)40-30(48)44-19-17-43(18-20-44)29(47)37(7,8)42-33(51)55-36(4,5)6/h9,12,15-16,21,24-25H,10-11,13-14,17-20,22H2,1-8H3,(H,39,50)(H,42,51)(H,52,53)(H,40,41,48,49). The molecule has 1 saturated carbocycles. The lowest BCUT2D eigenvalue weighted by Crippen LogP contribution is -2.60. The van der Waals surface area contributed by atoms with Crippen LogP contribution in [0.1, 0.15) is 86.6 Å². The van der Waals surface area contributed by atoms with E-state index in [-0.39, 0.29) is 67.8 Å². The first-order valence-electron chi connectivity index (χ1n) is 18.3. The topological polar surface area (TPSA) is 205 Å². The molecule has 2 fully saturated rings. The minimum Gasteiger partial charge on any atom is -0.465 e. The van der Waals surface area contributed by atoms with Crippen LogP contribution >= 0.6 is 0 Å². The molecule has 55 heavy (non-hydrogen) atoms. The van der Waals surface area contributed by atoms with Crippen molar-refractivity contribution in [3.05, 3.63) is 52.3 Å². The highest BCUT2D eigenvalue weighted by atomic mass is 19.1. The van der Waals surface area contributed by atoms with Gasteiger partial charge in [-0.15, -0.1) is 0 Å². The maximum absolute atomic E-state index is 15.4. The molecule has 0 spiro atoms. The van der Waals surface area contributed by atoms with E-state index in [0.29, 0.717) is 25.7 Å². The SMILES string of the molecule is CC(C)(C)OC(=O)NC1CCC(N(Cc2ccc(-n3ccc(NC(=O)N4CCN(C(=O)C(C)(C)NC(=O)OC(C)(C)C)CC4)nc3=O)cc2F)C(=O)O)CC1. The Morgan fingerprint density at radius 3 is 2.00 bits per heavy atom. The van der Waals surface area contributed by atoms with Gasteiger partial charge in [-0.1, -0.05) is 6.07 Å². The molecule has 6 amide bonds. The largest absolute Gasteiger partial charge is 0.465 e. The van der Waals surface area contributed by atoms with Crippen LogP contribution < -0.4 is 21.6 Å². The summed E-state index contributed by atoms with van der Waals surface area (Å²) in [5.41, 5.74) is -3.13. The molecule has 0 radical (unpaired) electrons. The number of nitrogens with zero attached hydrogens (tertiary/aromatic N) is 5. The van der Waals surface area contributed by atoms with E-state index in [1.165, 1.54) is 34.2 Å². The van der Waals surface area contributed by atoms with Crippen molar-refractivity contribution in [1.82, 2.24) is 34.9 Å². The summed E-state index contributed by atoms with van der Waals surface area (Å²) in [4.78, 5) is 83.8. The number of carbonyl (C=O) groups excluding carboxylic acids is 4. The predicted molar refractivity (Wildman–Crippen MR) is 199 cm³/mol. The van der Waals surface area contributed by atoms with E-state index in [4.69, 9.17) is 9.47 Å². The molecule has 302 valence electrons. The lowest BCUT2D eigenvalue weighted by atomic mass is 9.90. The van der Waals surface area contributed by atoms with Crippen molar-refractivity contribution in [3.8, 4) is 5.69 Å². The number of halogens is 1. The zero-order valence-electron chi connectivity index (χ0n) is 32.7. The van der Waals surface area contributed by atoms with Gasteiger partial charge in [0.25, 0.3) is 0 Å². The van der Waals surface area contributed by atoms with Crippen molar-refractivity contribution >= 4 is 36.0 Å². The molecule has 0 unspecified atom stereocenters. The Hall–Kier alpha value is -5.42. The van der Waals surface area contributed by atoms with Crippen molar-refractivity contribution in [2.45, 2.75) is 116 Å². The van der Waals surface area contributed by atoms with Gasteiger partial charge in [0.2, 0.25) is 5.91 Å². The quantitative estimate of drug-likeness (QED) is 0.292. The molecular formula is C37H53FN8O9. The number of rotatable bonds is 8. The minimum atomic E-state index is -1.24. The fourth-order valence-corrected chi connectivity index (χ4v) is 6.33. The molecule has 0 bridgehead atoms. The summed E-state index contributed by atoms with van der Waals surface area (Å²) in [5.74, 6) is -1.08. The molecule has 1 saturated heterocycles. The average Bonchev–Trinajstić information content (AvgIpc) is 3.06. The third-order valence-electron chi connectivity index (χ3n) is 9.00. The van der Waals surface area contributed by atoms with Crippen LogP contribution in [-0.4, -0.2) is 115 Å². The second-order valence-corrected chi connectivity index (χ2v) is 16.3. The molecule has 4 rings (SSSR count). The molecule has 0 atom stereocenters. The molecule has 1 aromatic carbocycles. The number of carboxylic acid groups (broad SMARTS) is 1. The summed E-state index contributed by atoms with van der Waals surface area (Å²) < 4.78 is 27.1. The Bertz CT molecular complexity index is 1800. The van der Waals surface area contributed by atoms with E-state index < -0.39 is 52.6 Å². The number of nitrogens with one attached hydrogen (secondary N) is 3. The van der Waals surface area contributed by atoms with Crippen LogP contribution in [0.3, 0.4) is 0 Å². The van der Waals surface area contributed by atoms with Gasteiger partial charge in [-0.05, 0) is 99.3 Å². The third-order valence-corrected chi connectivity index (χ3v) is 9.00. The average molecular weight is 773 g/mol. The molecule has 4 N–H and O–H groups in total. The maximum atomic E-state index is 15.4. The second kappa shape index (κ2) is 16.9. The van der Waals surface area contributed by atoms with E-state index in [1.807, 2.05) is 0 Å². The number of alkyl carbamates (subject to hydrolysis) is 2. The van der Waals surface area contributed by atoms with Gasteiger partial charge in [0, 0.05) is 50.0 Å². The highest BCUT2D eigenvalue weighted by Crippen LogP contribution is 2.26. The lowest BCUT2D eigenvalue weighted by molar-refractivity contribution is -0.138. The first kappa shape index (κ1) is 42.3. The van der Waals surface area contributed by atoms with Gasteiger partial charge < -0.3 is 39.9 Å². The van der Waals surface area contributed by atoms with Crippen molar-refractivity contribution in [2.24, 2.45) is 0 Å². The minimum absolute atomic E-state index is 0.0299. The first-order valence-corrected chi connectivity index (χ1v) is 18.3. The normalized spacial score (nSPS) is 17.8. The van der Waals surface area contributed by atoms with E-state index in [0.717, 1.165) is 10.6 Å². The summed E-state index contributed by atoms with van der Waals surface area (Å²) in [5, 5.41) is 18.0. The summed E-state index contributed by atoms with van der Waals surface area (Å²) in [6.45, 7) is 14.2. The number of hydrogen-bond donors (Lipinski definition) is 4. The number of amides is 6. The van der Waals surface area contributed by atoms with E-state index in [1.54, 1.807) is 60.3 Å². The molecule has 1 aliphatic carbocycles. The van der Waals surface area contributed by atoms with Crippen molar-refractivity contribution in [3.63, 3.8) is 0 Å². The van der Waals surface area contributed by atoms with Gasteiger partial charge in [0.15, 0.2) is 0 Å². The molecule has 18 heteroatoms. The zero-order chi connectivity index (χ0) is 40.9. The Balaban J connectivity index is 1.31. The van der Waals surface area contributed by atoms with Gasteiger partial charge in [0.1, 0.15) is 28.4 Å². The molecule has 2 aliphatic rings. The monoisotopic (exact) mass is 772 g/mol. The fourth-order valence-electron chi connectivity index (χ4n) is 6.33. The number of hydrogen-bond acceptors (Lipinski definition) is 9. The van der Waals surface area contributed by atoms with E-state index >= 15 is 4.39 Å². The van der Waals surface area contributed by atoms with Gasteiger partial charge in [-0.25, -0.2) is 28.4 Å². The number of piperazine rings is 1. The fraction of sp³-hybridized carbons (Fsp3) is 0.595. The lowest BCUT2D eigenvalue weighted by Gasteiger charge is -2.38. The molecular weight excluding hydrogens is 719 g/mol. The number of urea groups is 1. The van der Waals surface area contributed by atoms with Crippen molar-refractivity contribution in [2.75, 3.05) is 31.5 Å². The Kier molecular flexibility index (Phi) is 13.0. The Morgan fingerprint density at radius 2 is 1.45 bits per heavy atom. The summed E-state index contributed by atoms with van der Waals surface area (Å²) >= 11 is 0. The van der Waals surface area contributed by atoms with Gasteiger partial charge in [-0.3, -0.25) is 14.7 Å².